The van der Waals surface area contributed by atoms with Crippen molar-refractivity contribution in [2.75, 3.05) is 31.6 Å². The largest absolute Gasteiger partial charge is 0.480 e. The summed E-state index contributed by atoms with van der Waals surface area (Å²) in [6.45, 7) is 0.824. The Kier molecular flexibility index (Phi) is 6.83. The fourth-order valence-corrected chi connectivity index (χ4v) is 1.80. The summed E-state index contributed by atoms with van der Waals surface area (Å²) in [5.41, 5.74) is 0.450. The summed E-state index contributed by atoms with van der Waals surface area (Å²) in [6.07, 6.45) is 0.763. The monoisotopic (exact) mass is 299 g/mol. The van der Waals surface area contributed by atoms with Crippen LogP contribution in [0.1, 0.15) is 6.42 Å². The molecule has 0 fully saturated rings. The third kappa shape index (κ3) is 5.46. The number of carbonyl (C=O) groups is 2. The summed E-state index contributed by atoms with van der Waals surface area (Å²) in [5, 5.41) is 15.0. The molecule has 7 heteroatoms. The Balaban J connectivity index is 2.73. The van der Waals surface area contributed by atoms with E-state index in [1.807, 2.05) is 7.05 Å². The lowest BCUT2D eigenvalue weighted by atomic mass is 10.3. The van der Waals surface area contributed by atoms with Gasteiger partial charge in [-0.15, -0.1) is 0 Å². The number of hydrogen-bond acceptors (Lipinski definition) is 3. The van der Waals surface area contributed by atoms with Gasteiger partial charge in [0, 0.05) is 17.3 Å². The van der Waals surface area contributed by atoms with Gasteiger partial charge in [0.05, 0.1) is 0 Å². The minimum Gasteiger partial charge on any atom is -0.480 e. The first-order valence-electron chi connectivity index (χ1n) is 6.22. The summed E-state index contributed by atoms with van der Waals surface area (Å²) in [4.78, 5) is 24.1. The zero-order valence-electron chi connectivity index (χ0n) is 11.2. The molecule has 1 aromatic rings. The van der Waals surface area contributed by atoms with E-state index < -0.39 is 18.5 Å². The Morgan fingerprint density at radius 2 is 2.10 bits per heavy atom. The number of aliphatic carboxylic acids is 1. The van der Waals surface area contributed by atoms with Crippen LogP contribution in [0.5, 0.6) is 0 Å². The second kappa shape index (κ2) is 8.39. The summed E-state index contributed by atoms with van der Waals surface area (Å²) in [6, 6.07) is 6.07. The first-order valence-corrected chi connectivity index (χ1v) is 6.59. The van der Waals surface area contributed by atoms with Gasteiger partial charge in [0.2, 0.25) is 0 Å². The maximum atomic E-state index is 12.0. The molecule has 3 N–H and O–H groups in total. The van der Waals surface area contributed by atoms with Crippen LogP contribution in [0.15, 0.2) is 24.3 Å². The van der Waals surface area contributed by atoms with Crippen molar-refractivity contribution >= 4 is 29.3 Å². The van der Waals surface area contributed by atoms with E-state index in [0.717, 1.165) is 17.9 Å². The van der Waals surface area contributed by atoms with E-state index in [4.69, 9.17) is 16.7 Å². The Labute approximate surface area is 122 Å². The molecule has 110 valence electrons. The van der Waals surface area contributed by atoms with Crippen molar-refractivity contribution in [3.8, 4) is 0 Å². The van der Waals surface area contributed by atoms with E-state index in [0.29, 0.717) is 17.3 Å². The van der Waals surface area contributed by atoms with Crippen molar-refractivity contribution < 1.29 is 14.7 Å². The molecule has 0 atom stereocenters. The number of benzene rings is 1. The molecule has 0 aliphatic carbocycles. The minimum atomic E-state index is -1.09. The minimum absolute atomic E-state index is 0.418. The molecule has 0 aliphatic heterocycles. The Bertz CT molecular complexity index is 468. The van der Waals surface area contributed by atoms with Gasteiger partial charge >= 0.3 is 12.0 Å². The molecule has 20 heavy (non-hydrogen) atoms. The molecule has 6 nitrogen and oxygen atoms in total. The summed E-state index contributed by atoms with van der Waals surface area (Å²) in [7, 11) is 1.82. The van der Waals surface area contributed by atoms with E-state index in [2.05, 4.69) is 10.6 Å². The first-order chi connectivity index (χ1) is 9.54. The van der Waals surface area contributed by atoms with Gasteiger partial charge < -0.3 is 15.7 Å². The van der Waals surface area contributed by atoms with Gasteiger partial charge in [-0.25, -0.2) is 4.79 Å². The smallest absolute Gasteiger partial charge is 0.323 e. The van der Waals surface area contributed by atoms with Crippen LogP contribution in [0, 0.1) is 0 Å². The lowest BCUT2D eigenvalue weighted by molar-refractivity contribution is -0.135. The van der Waals surface area contributed by atoms with E-state index >= 15 is 0 Å². The number of anilines is 1. The van der Waals surface area contributed by atoms with Crippen molar-refractivity contribution in [2.24, 2.45) is 0 Å². The maximum Gasteiger partial charge on any atom is 0.323 e. The first kappa shape index (κ1) is 16.3. The normalized spacial score (nSPS) is 10.1. The second-order valence-corrected chi connectivity index (χ2v) is 4.59. The van der Waals surface area contributed by atoms with Gasteiger partial charge in [-0.2, -0.15) is 0 Å². The molecule has 1 rings (SSSR count). The van der Waals surface area contributed by atoms with Crippen LogP contribution in [0.25, 0.3) is 0 Å². The molecule has 0 unspecified atom stereocenters. The standard InChI is InChI=1S/C13H18ClN3O3/c1-15-6-3-7-16-13(20)17(9-12(18)19)11-5-2-4-10(14)8-11/h2,4-5,8,15H,3,6-7,9H2,1H3,(H,16,20)(H,18,19). The van der Waals surface area contributed by atoms with E-state index in [9.17, 15) is 9.59 Å². The second-order valence-electron chi connectivity index (χ2n) is 4.15. The highest BCUT2D eigenvalue weighted by Crippen LogP contribution is 2.19. The maximum absolute atomic E-state index is 12.0. The van der Waals surface area contributed by atoms with Crippen molar-refractivity contribution in [1.82, 2.24) is 10.6 Å². The van der Waals surface area contributed by atoms with Gasteiger partial charge in [0.1, 0.15) is 6.54 Å². The molecule has 0 aromatic heterocycles. The Hall–Kier alpha value is -1.79. The number of carbonyl (C=O) groups excluding carboxylic acids is 1. The van der Waals surface area contributed by atoms with Crippen LogP contribution in [0.2, 0.25) is 5.02 Å². The Morgan fingerprint density at radius 3 is 2.70 bits per heavy atom. The summed E-state index contributed by atoms with van der Waals surface area (Å²) >= 11 is 5.86. The molecule has 0 saturated heterocycles. The van der Waals surface area contributed by atoms with Gasteiger partial charge in [0.25, 0.3) is 0 Å². The van der Waals surface area contributed by atoms with Gasteiger partial charge in [-0.05, 0) is 38.2 Å². The molecule has 0 heterocycles. The summed E-state index contributed by atoms with van der Waals surface area (Å²) in [5.74, 6) is -1.09. The number of nitrogens with one attached hydrogen (secondary N) is 2. The number of nitrogens with zero attached hydrogens (tertiary/aromatic N) is 1. The molecule has 0 spiro atoms. The lowest BCUT2D eigenvalue weighted by Gasteiger charge is -2.21. The van der Waals surface area contributed by atoms with Crippen molar-refractivity contribution in [2.45, 2.75) is 6.42 Å². The van der Waals surface area contributed by atoms with Crippen LogP contribution >= 0.6 is 11.6 Å². The van der Waals surface area contributed by atoms with Crippen molar-refractivity contribution in [3.05, 3.63) is 29.3 Å². The molecule has 2 amide bonds. The highest BCUT2D eigenvalue weighted by atomic mass is 35.5. The van der Waals surface area contributed by atoms with Crippen LogP contribution < -0.4 is 15.5 Å². The predicted octanol–water partition coefficient (Wildman–Crippen LogP) is 1.55. The average Bonchev–Trinajstić information content (AvgIpc) is 2.40. The lowest BCUT2D eigenvalue weighted by Crippen LogP contribution is -2.43. The number of urea groups is 1. The molecule has 0 saturated carbocycles. The number of carboxylic acids is 1. The number of amides is 2. The topological polar surface area (TPSA) is 81.7 Å². The zero-order chi connectivity index (χ0) is 15.0. The van der Waals surface area contributed by atoms with Crippen LogP contribution in [-0.2, 0) is 4.79 Å². The fourth-order valence-electron chi connectivity index (χ4n) is 1.62. The van der Waals surface area contributed by atoms with Crippen LogP contribution in [0.3, 0.4) is 0 Å². The quantitative estimate of drug-likeness (QED) is 0.667. The fraction of sp³-hybridized carbons (Fsp3) is 0.385. The molecule has 0 bridgehead atoms. The third-order valence-electron chi connectivity index (χ3n) is 2.54. The SMILES string of the molecule is CNCCCNC(=O)N(CC(=O)O)c1cccc(Cl)c1. The van der Waals surface area contributed by atoms with Crippen LogP contribution in [-0.4, -0.2) is 43.8 Å². The van der Waals surface area contributed by atoms with E-state index in [-0.39, 0.29) is 0 Å². The number of halogens is 1. The third-order valence-corrected chi connectivity index (χ3v) is 2.77. The Morgan fingerprint density at radius 1 is 1.35 bits per heavy atom. The molecule has 1 aromatic carbocycles. The zero-order valence-corrected chi connectivity index (χ0v) is 12.0. The number of rotatable bonds is 7. The van der Waals surface area contributed by atoms with Crippen molar-refractivity contribution in [1.29, 1.82) is 0 Å². The van der Waals surface area contributed by atoms with Gasteiger partial charge in [-0.3, -0.25) is 9.69 Å². The predicted molar refractivity (Wildman–Crippen MR) is 78.4 cm³/mol. The average molecular weight is 300 g/mol. The van der Waals surface area contributed by atoms with E-state index in [1.165, 1.54) is 0 Å². The highest BCUT2D eigenvalue weighted by Gasteiger charge is 2.18. The molecular formula is C13H18ClN3O3. The van der Waals surface area contributed by atoms with Crippen molar-refractivity contribution in [3.63, 3.8) is 0 Å². The summed E-state index contributed by atoms with van der Waals surface area (Å²) < 4.78 is 0. The molecule has 0 radical (unpaired) electrons. The highest BCUT2D eigenvalue weighted by molar-refractivity contribution is 6.30. The van der Waals surface area contributed by atoms with Gasteiger partial charge in [0.15, 0.2) is 0 Å². The van der Waals surface area contributed by atoms with Gasteiger partial charge in [-0.1, -0.05) is 17.7 Å². The number of carboxylic acid groups (broad SMARTS) is 1. The number of hydrogen-bond donors (Lipinski definition) is 3. The molecule has 0 aliphatic rings. The van der Waals surface area contributed by atoms with Crippen LogP contribution in [0.4, 0.5) is 10.5 Å². The van der Waals surface area contributed by atoms with E-state index in [1.54, 1.807) is 24.3 Å². The molecular weight excluding hydrogens is 282 g/mol.